The minimum absolute atomic E-state index is 0.147. The molecule has 3 aromatic rings. The summed E-state index contributed by atoms with van der Waals surface area (Å²) in [5.41, 5.74) is 5.69. The van der Waals surface area contributed by atoms with Gasteiger partial charge in [0.05, 0.1) is 16.9 Å². The predicted octanol–water partition coefficient (Wildman–Crippen LogP) is 5.44. The van der Waals surface area contributed by atoms with E-state index in [1.165, 1.54) is 40.6 Å². The number of nitrogens with zero attached hydrogens (tertiary/aromatic N) is 4. The fraction of sp³-hybridized carbons (Fsp3) is 0.357. The first-order valence-corrected chi connectivity index (χ1v) is 14.1. The smallest absolute Gasteiger partial charge is 0.235 e. The predicted molar refractivity (Wildman–Crippen MR) is 143 cm³/mol. The van der Waals surface area contributed by atoms with Crippen LogP contribution in [-0.4, -0.2) is 28.1 Å². The molecule has 2 aliphatic rings. The number of aryl methyl sites for hydroxylation is 2. The second-order valence-electron chi connectivity index (χ2n) is 9.22. The van der Waals surface area contributed by atoms with Gasteiger partial charge in [-0.05, 0) is 54.9 Å². The normalized spacial score (nSPS) is 15.2. The van der Waals surface area contributed by atoms with Crippen LogP contribution in [0.5, 0.6) is 0 Å². The lowest BCUT2D eigenvalue weighted by molar-refractivity contribution is -0.113. The molecule has 5 rings (SSSR count). The monoisotopic (exact) mass is 513 g/mol. The van der Waals surface area contributed by atoms with Crippen molar-refractivity contribution in [3.63, 3.8) is 0 Å². The number of pyridine rings is 1. The second-order valence-corrected chi connectivity index (χ2v) is 11.3. The van der Waals surface area contributed by atoms with Gasteiger partial charge in [0, 0.05) is 30.2 Å². The van der Waals surface area contributed by atoms with E-state index in [4.69, 9.17) is 4.98 Å². The largest absolute Gasteiger partial charge is 0.316 e. The molecule has 0 radical (unpaired) electrons. The maximum atomic E-state index is 12.9. The molecule has 2 aromatic heterocycles. The molecule has 1 N–H and O–H groups in total. The molecule has 6 nitrogen and oxygen atoms in total. The Morgan fingerprint density at radius 1 is 1.11 bits per heavy atom. The van der Waals surface area contributed by atoms with Gasteiger partial charge in [-0.1, -0.05) is 48.5 Å². The number of benzene rings is 1. The summed E-state index contributed by atoms with van der Waals surface area (Å²) < 4.78 is 0. The zero-order chi connectivity index (χ0) is 24.9. The summed E-state index contributed by atoms with van der Waals surface area (Å²) in [5, 5.41) is 23.7. The number of carbonyl (C=O) groups excluding carboxylic acids is 1. The highest BCUT2D eigenvalue weighted by Crippen LogP contribution is 2.37. The molecule has 0 spiro atoms. The third-order valence-corrected chi connectivity index (χ3v) is 8.85. The number of hydrogen-bond acceptors (Lipinski definition) is 7. The van der Waals surface area contributed by atoms with Gasteiger partial charge < -0.3 is 5.32 Å². The number of anilines is 1. The third kappa shape index (κ3) is 5.47. The summed E-state index contributed by atoms with van der Waals surface area (Å²) in [6.45, 7) is 2.53. The number of amides is 1. The summed E-state index contributed by atoms with van der Waals surface area (Å²) in [4.78, 5) is 21.1. The van der Waals surface area contributed by atoms with Gasteiger partial charge in [-0.3, -0.25) is 9.69 Å². The number of nitrogens with one attached hydrogen (secondary N) is 1. The summed E-state index contributed by atoms with van der Waals surface area (Å²) in [7, 11) is 0. The second kappa shape index (κ2) is 11.3. The number of fused-ring (bicyclic) bond motifs is 2. The first kappa shape index (κ1) is 24.5. The van der Waals surface area contributed by atoms with Crippen LogP contribution in [0.2, 0.25) is 0 Å². The Morgan fingerprint density at radius 2 is 1.94 bits per heavy atom. The molecular formula is C28H27N5OS2. The van der Waals surface area contributed by atoms with Crippen LogP contribution in [0.15, 0.2) is 41.4 Å². The van der Waals surface area contributed by atoms with Crippen molar-refractivity contribution >= 4 is 34.0 Å². The van der Waals surface area contributed by atoms with Crippen LogP contribution in [0.3, 0.4) is 0 Å². The summed E-state index contributed by atoms with van der Waals surface area (Å²) in [6, 6.07) is 16.9. The van der Waals surface area contributed by atoms with Crippen LogP contribution in [0.1, 0.15) is 57.7 Å². The van der Waals surface area contributed by atoms with E-state index < -0.39 is 0 Å². The molecule has 0 saturated heterocycles. The Morgan fingerprint density at radius 3 is 2.75 bits per heavy atom. The molecule has 36 heavy (non-hydrogen) atoms. The molecule has 0 unspecified atom stereocenters. The quantitative estimate of drug-likeness (QED) is 0.348. The Balaban J connectivity index is 1.25. The minimum Gasteiger partial charge on any atom is -0.316 e. The maximum Gasteiger partial charge on any atom is 0.235 e. The van der Waals surface area contributed by atoms with Gasteiger partial charge in [0.1, 0.15) is 22.2 Å². The molecule has 0 saturated carbocycles. The van der Waals surface area contributed by atoms with E-state index in [2.05, 4.69) is 46.6 Å². The first-order chi connectivity index (χ1) is 17.6. The van der Waals surface area contributed by atoms with Gasteiger partial charge in [-0.2, -0.15) is 10.5 Å². The van der Waals surface area contributed by atoms with Crippen molar-refractivity contribution in [2.75, 3.05) is 17.6 Å². The summed E-state index contributed by atoms with van der Waals surface area (Å²) >= 11 is 2.80. The van der Waals surface area contributed by atoms with Crippen molar-refractivity contribution in [1.82, 2.24) is 9.88 Å². The average molecular weight is 514 g/mol. The number of hydrogen-bond donors (Lipinski definition) is 1. The summed E-state index contributed by atoms with van der Waals surface area (Å²) in [5.74, 6) is -0.0366. The average Bonchev–Trinajstić information content (AvgIpc) is 3.06. The molecule has 0 atom stereocenters. The van der Waals surface area contributed by atoms with Gasteiger partial charge >= 0.3 is 0 Å². The van der Waals surface area contributed by atoms with Gasteiger partial charge in [0.15, 0.2) is 0 Å². The van der Waals surface area contributed by atoms with Crippen LogP contribution in [0.25, 0.3) is 0 Å². The third-order valence-electron chi connectivity index (χ3n) is 6.73. The van der Waals surface area contributed by atoms with Crippen molar-refractivity contribution in [2.24, 2.45) is 0 Å². The molecule has 3 heterocycles. The number of thiophene rings is 1. The Bertz CT molecular complexity index is 1350. The summed E-state index contributed by atoms with van der Waals surface area (Å²) in [6.07, 6.45) is 6.11. The highest BCUT2D eigenvalue weighted by molar-refractivity contribution is 8.00. The van der Waals surface area contributed by atoms with Crippen molar-refractivity contribution in [1.29, 1.82) is 10.5 Å². The molecule has 0 bridgehead atoms. The van der Waals surface area contributed by atoms with E-state index in [-0.39, 0.29) is 11.7 Å². The van der Waals surface area contributed by atoms with E-state index in [1.54, 1.807) is 0 Å². The van der Waals surface area contributed by atoms with Crippen LogP contribution in [0.4, 0.5) is 5.00 Å². The number of nitriles is 2. The highest BCUT2D eigenvalue weighted by Gasteiger charge is 2.25. The van der Waals surface area contributed by atoms with Crippen LogP contribution in [-0.2, 0) is 37.1 Å². The van der Waals surface area contributed by atoms with E-state index in [0.717, 1.165) is 67.9 Å². The van der Waals surface area contributed by atoms with Crippen molar-refractivity contribution in [2.45, 2.75) is 56.6 Å². The molecule has 1 aliphatic carbocycles. The van der Waals surface area contributed by atoms with E-state index in [1.807, 2.05) is 12.1 Å². The van der Waals surface area contributed by atoms with Gasteiger partial charge in [0.25, 0.3) is 0 Å². The van der Waals surface area contributed by atoms with Gasteiger partial charge in [0.2, 0.25) is 5.91 Å². The molecule has 8 heteroatoms. The Kier molecular flexibility index (Phi) is 7.67. The SMILES string of the molecule is N#Cc1cc2c(nc1SCC(=O)Nc1sc3c(c1C#N)CCN(Cc1ccccc1)C3)CCCCC2. The van der Waals surface area contributed by atoms with Crippen molar-refractivity contribution in [3.05, 3.63) is 74.8 Å². The Labute approximate surface area is 220 Å². The number of thioether (sulfide) groups is 1. The van der Waals surface area contributed by atoms with Gasteiger partial charge in [-0.25, -0.2) is 4.98 Å². The van der Waals surface area contributed by atoms with E-state index in [0.29, 0.717) is 21.2 Å². The van der Waals surface area contributed by atoms with Crippen LogP contribution in [0, 0.1) is 22.7 Å². The van der Waals surface area contributed by atoms with E-state index >= 15 is 0 Å². The lowest BCUT2D eigenvalue weighted by Gasteiger charge is -2.26. The first-order valence-electron chi connectivity index (χ1n) is 12.3. The molecule has 1 aliphatic heterocycles. The molecule has 1 amide bonds. The van der Waals surface area contributed by atoms with E-state index in [9.17, 15) is 15.3 Å². The number of aromatic nitrogens is 1. The molecular weight excluding hydrogens is 486 g/mol. The zero-order valence-electron chi connectivity index (χ0n) is 20.0. The number of rotatable bonds is 6. The topological polar surface area (TPSA) is 92.8 Å². The van der Waals surface area contributed by atoms with Crippen molar-refractivity contribution in [3.8, 4) is 12.1 Å². The fourth-order valence-electron chi connectivity index (χ4n) is 4.92. The molecule has 0 fully saturated rings. The van der Waals surface area contributed by atoms with Crippen LogP contribution < -0.4 is 5.32 Å². The standard InChI is InChI=1S/C28H27N5OS2/c29-14-21-13-20-9-5-2-6-10-24(20)31-27(21)35-18-26(34)32-28-23(15-30)22-11-12-33(17-25(22)36-28)16-19-7-3-1-4-8-19/h1,3-4,7-8,13H,2,5-6,9-12,16-18H2,(H,32,34). The zero-order valence-corrected chi connectivity index (χ0v) is 21.7. The van der Waals surface area contributed by atoms with Crippen molar-refractivity contribution < 1.29 is 4.79 Å². The lowest BCUT2D eigenvalue weighted by atomic mass is 10.0. The van der Waals surface area contributed by atoms with Crippen LogP contribution >= 0.6 is 23.1 Å². The lowest BCUT2D eigenvalue weighted by Crippen LogP contribution is -2.29. The maximum absolute atomic E-state index is 12.9. The minimum atomic E-state index is -0.183. The fourth-order valence-corrected chi connectivity index (χ4v) is 6.95. The molecule has 1 aromatic carbocycles. The molecule has 182 valence electrons. The van der Waals surface area contributed by atoms with Gasteiger partial charge in [-0.15, -0.1) is 11.3 Å². The highest BCUT2D eigenvalue weighted by atomic mass is 32.2. The number of carbonyl (C=O) groups is 1. The Hall–Kier alpha value is -3.17.